The highest BCUT2D eigenvalue weighted by Gasteiger charge is 2.11. The quantitative estimate of drug-likeness (QED) is 0.458. The van der Waals surface area contributed by atoms with Crippen LogP contribution >= 0.6 is 0 Å². The smallest absolute Gasteiger partial charge is 0.255 e. The average molecular weight is 244 g/mol. The van der Waals surface area contributed by atoms with Gasteiger partial charge in [0.05, 0.1) is 18.4 Å². The standard InChI is InChI=1S/C10H17FN4O2/c1-10(2,3)17-5-4-16-8-7(11)6-13-9(14-8)15-12/h6H,4-5,12H2,1-3H3,(H,13,14,15). The second-order valence-electron chi connectivity index (χ2n) is 4.30. The van der Waals surface area contributed by atoms with Gasteiger partial charge in [-0.2, -0.15) is 9.37 Å². The van der Waals surface area contributed by atoms with Crippen LogP contribution in [0.4, 0.5) is 10.3 Å². The summed E-state index contributed by atoms with van der Waals surface area (Å²) in [7, 11) is 0. The molecule has 0 spiro atoms. The van der Waals surface area contributed by atoms with E-state index in [2.05, 4.69) is 15.4 Å². The summed E-state index contributed by atoms with van der Waals surface area (Å²) in [6, 6.07) is 0. The number of halogens is 1. The first-order valence-electron chi connectivity index (χ1n) is 5.18. The van der Waals surface area contributed by atoms with Crippen LogP contribution in [0, 0.1) is 5.82 Å². The van der Waals surface area contributed by atoms with Crippen molar-refractivity contribution in [3.63, 3.8) is 0 Å². The Morgan fingerprint density at radius 2 is 2.12 bits per heavy atom. The maximum atomic E-state index is 13.2. The van der Waals surface area contributed by atoms with Crippen molar-refractivity contribution in [1.82, 2.24) is 9.97 Å². The van der Waals surface area contributed by atoms with Crippen molar-refractivity contribution in [1.29, 1.82) is 0 Å². The molecule has 0 amide bonds. The molecule has 17 heavy (non-hydrogen) atoms. The molecule has 0 aliphatic rings. The third-order valence-electron chi connectivity index (χ3n) is 1.70. The molecule has 3 N–H and O–H groups in total. The van der Waals surface area contributed by atoms with E-state index in [0.717, 1.165) is 6.20 Å². The van der Waals surface area contributed by atoms with Gasteiger partial charge in [-0.3, -0.25) is 5.43 Å². The zero-order valence-corrected chi connectivity index (χ0v) is 10.2. The van der Waals surface area contributed by atoms with Gasteiger partial charge >= 0.3 is 0 Å². The lowest BCUT2D eigenvalue weighted by Crippen LogP contribution is -2.23. The van der Waals surface area contributed by atoms with Crippen LogP contribution in [0.1, 0.15) is 20.8 Å². The lowest BCUT2D eigenvalue weighted by Gasteiger charge is -2.19. The summed E-state index contributed by atoms with van der Waals surface area (Å²) in [4.78, 5) is 7.32. The molecule has 0 aliphatic heterocycles. The first-order valence-corrected chi connectivity index (χ1v) is 5.18. The minimum Gasteiger partial charge on any atom is -0.473 e. The molecule has 1 aromatic heterocycles. The van der Waals surface area contributed by atoms with Crippen molar-refractivity contribution < 1.29 is 13.9 Å². The first-order chi connectivity index (χ1) is 7.92. The van der Waals surface area contributed by atoms with Crippen molar-refractivity contribution in [2.45, 2.75) is 26.4 Å². The lowest BCUT2D eigenvalue weighted by molar-refractivity contribution is -0.0172. The van der Waals surface area contributed by atoms with Crippen molar-refractivity contribution in [2.75, 3.05) is 18.6 Å². The predicted molar refractivity (Wildman–Crippen MR) is 61.0 cm³/mol. The monoisotopic (exact) mass is 244 g/mol. The van der Waals surface area contributed by atoms with E-state index in [9.17, 15) is 4.39 Å². The van der Waals surface area contributed by atoms with Crippen LogP contribution in [-0.2, 0) is 4.74 Å². The molecular weight excluding hydrogens is 227 g/mol. The van der Waals surface area contributed by atoms with Gasteiger partial charge in [0.1, 0.15) is 6.61 Å². The molecule has 0 aromatic carbocycles. The number of hydrogen-bond donors (Lipinski definition) is 2. The topological polar surface area (TPSA) is 82.3 Å². The lowest BCUT2D eigenvalue weighted by atomic mass is 10.2. The molecule has 0 saturated heterocycles. The van der Waals surface area contributed by atoms with Gasteiger partial charge in [0.25, 0.3) is 5.88 Å². The third-order valence-corrected chi connectivity index (χ3v) is 1.70. The maximum Gasteiger partial charge on any atom is 0.255 e. The molecule has 7 heteroatoms. The number of anilines is 1. The maximum absolute atomic E-state index is 13.2. The molecule has 0 atom stereocenters. The number of hydrazine groups is 1. The molecule has 1 rings (SSSR count). The SMILES string of the molecule is CC(C)(C)OCCOc1nc(NN)ncc1F. The number of aromatic nitrogens is 2. The summed E-state index contributed by atoms with van der Waals surface area (Å²) >= 11 is 0. The molecule has 6 nitrogen and oxygen atoms in total. The molecule has 1 heterocycles. The summed E-state index contributed by atoms with van der Waals surface area (Å²) < 4.78 is 23.8. The highest BCUT2D eigenvalue weighted by atomic mass is 19.1. The Hall–Kier alpha value is -1.47. The average Bonchev–Trinajstić information content (AvgIpc) is 2.25. The summed E-state index contributed by atoms with van der Waals surface area (Å²) in [5, 5.41) is 0. The number of nitrogens with two attached hydrogens (primary N) is 1. The Balaban J connectivity index is 2.46. The van der Waals surface area contributed by atoms with Gasteiger partial charge in [-0.25, -0.2) is 10.8 Å². The molecule has 0 radical (unpaired) electrons. The van der Waals surface area contributed by atoms with Gasteiger partial charge in [0.15, 0.2) is 0 Å². The van der Waals surface area contributed by atoms with E-state index in [1.54, 1.807) is 0 Å². The van der Waals surface area contributed by atoms with Gasteiger partial charge < -0.3 is 9.47 Å². The zero-order chi connectivity index (χ0) is 12.9. The first kappa shape index (κ1) is 13.6. The largest absolute Gasteiger partial charge is 0.473 e. The highest BCUT2D eigenvalue weighted by Crippen LogP contribution is 2.14. The van der Waals surface area contributed by atoms with E-state index in [1.807, 2.05) is 20.8 Å². The summed E-state index contributed by atoms with van der Waals surface area (Å²) in [6.07, 6.45) is 0.988. The van der Waals surface area contributed by atoms with Crippen molar-refractivity contribution in [3.05, 3.63) is 12.0 Å². The Labute approximate surface area is 99.3 Å². The highest BCUT2D eigenvalue weighted by molar-refractivity contribution is 5.26. The van der Waals surface area contributed by atoms with Crippen LogP contribution in [0.3, 0.4) is 0 Å². The van der Waals surface area contributed by atoms with Crippen LogP contribution in [0.2, 0.25) is 0 Å². The fraction of sp³-hybridized carbons (Fsp3) is 0.600. The van der Waals surface area contributed by atoms with E-state index in [-0.39, 0.29) is 24.0 Å². The minimum absolute atomic E-state index is 0.0955. The Kier molecular flexibility index (Phi) is 4.59. The van der Waals surface area contributed by atoms with Crippen LogP contribution in [0.15, 0.2) is 6.20 Å². The number of nitrogens with one attached hydrogen (secondary N) is 1. The van der Waals surface area contributed by atoms with Gasteiger partial charge in [-0.1, -0.05) is 0 Å². The van der Waals surface area contributed by atoms with Gasteiger partial charge in [-0.15, -0.1) is 0 Å². The molecule has 1 aromatic rings. The van der Waals surface area contributed by atoms with E-state index in [0.29, 0.717) is 6.61 Å². The Morgan fingerprint density at radius 1 is 1.41 bits per heavy atom. The molecule has 0 aliphatic carbocycles. The van der Waals surface area contributed by atoms with Crippen LogP contribution in [0.5, 0.6) is 5.88 Å². The Morgan fingerprint density at radius 3 is 2.71 bits per heavy atom. The molecule has 0 fully saturated rings. The summed E-state index contributed by atoms with van der Waals surface area (Å²) in [5.74, 6) is 4.41. The minimum atomic E-state index is -0.639. The predicted octanol–water partition coefficient (Wildman–Crippen LogP) is 1.10. The van der Waals surface area contributed by atoms with E-state index in [4.69, 9.17) is 15.3 Å². The normalized spacial score (nSPS) is 11.4. The number of ether oxygens (including phenoxy) is 2. The molecule has 0 saturated carbocycles. The van der Waals surface area contributed by atoms with Gasteiger partial charge in [0.2, 0.25) is 11.8 Å². The van der Waals surface area contributed by atoms with Crippen molar-refractivity contribution in [2.24, 2.45) is 5.84 Å². The summed E-state index contributed by atoms with van der Waals surface area (Å²) in [6.45, 7) is 6.33. The second-order valence-corrected chi connectivity index (χ2v) is 4.30. The number of nitrogens with zero attached hydrogens (tertiary/aromatic N) is 2. The third kappa shape index (κ3) is 4.92. The molecule has 0 bridgehead atoms. The Bertz CT molecular complexity index is 368. The number of hydrogen-bond acceptors (Lipinski definition) is 6. The second kappa shape index (κ2) is 5.74. The van der Waals surface area contributed by atoms with E-state index in [1.165, 1.54) is 0 Å². The fourth-order valence-electron chi connectivity index (χ4n) is 1.01. The zero-order valence-electron chi connectivity index (χ0n) is 10.2. The van der Waals surface area contributed by atoms with Crippen LogP contribution < -0.4 is 16.0 Å². The van der Waals surface area contributed by atoms with Crippen LogP contribution in [-0.4, -0.2) is 28.8 Å². The van der Waals surface area contributed by atoms with E-state index < -0.39 is 5.82 Å². The molecule has 0 unspecified atom stereocenters. The van der Waals surface area contributed by atoms with Crippen molar-refractivity contribution in [3.8, 4) is 5.88 Å². The molecule has 96 valence electrons. The van der Waals surface area contributed by atoms with Gasteiger partial charge in [0, 0.05) is 0 Å². The van der Waals surface area contributed by atoms with Crippen molar-refractivity contribution >= 4 is 5.95 Å². The number of nitrogen functional groups attached to an aromatic ring is 1. The fourth-order valence-corrected chi connectivity index (χ4v) is 1.01. The number of rotatable bonds is 5. The summed E-state index contributed by atoms with van der Waals surface area (Å²) in [5.41, 5.74) is 1.96. The van der Waals surface area contributed by atoms with Gasteiger partial charge in [-0.05, 0) is 20.8 Å². The molecular formula is C10H17FN4O2. The van der Waals surface area contributed by atoms with E-state index >= 15 is 0 Å². The van der Waals surface area contributed by atoms with Crippen LogP contribution in [0.25, 0.3) is 0 Å².